The lowest BCUT2D eigenvalue weighted by atomic mass is 10.2. The maximum Gasteiger partial charge on any atom is 0.147 e. The van der Waals surface area contributed by atoms with Crippen LogP contribution in [0.3, 0.4) is 0 Å². The molecule has 0 aliphatic rings. The summed E-state index contributed by atoms with van der Waals surface area (Å²) in [4.78, 5) is 0. The van der Waals surface area contributed by atoms with E-state index in [-0.39, 0.29) is 16.0 Å². The zero-order valence-corrected chi connectivity index (χ0v) is 14.9. The molecule has 0 spiro atoms. The van der Waals surface area contributed by atoms with E-state index in [1.165, 1.54) is 12.3 Å². The molecule has 110 valence electrons. The van der Waals surface area contributed by atoms with Crippen LogP contribution in [0.2, 0.25) is 10.0 Å². The smallest absolute Gasteiger partial charge is 0.147 e. The number of halogens is 4. The second kappa shape index (κ2) is 6.87. The number of hydrogen-bond donors (Lipinski definition) is 3. The topological polar surface area (TPSA) is 64.9 Å². The molecule has 0 fully saturated rings. The van der Waals surface area contributed by atoms with Crippen molar-refractivity contribution < 1.29 is 10.2 Å². The Kier molecular flexibility index (Phi) is 5.37. The lowest BCUT2D eigenvalue weighted by Crippen LogP contribution is -1.92. The average Bonchev–Trinajstić information content (AvgIpc) is 2.46. The van der Waals surface area contributed by atoms with E-state index in [0.29, 0.717) is 25.8 Å². The van der Waals surface area contributed by atoms with Crippen LogP contribution < -0.4 is 5.43 Å². The Morgan fingerprint density at radius 2 is 1.76 bits per heavy atom. The van der Waals surface area contributed by atoms with E-state index in [1.807, 2.05) is 0 Å². The Labute approximate surface area is 147 Å². The summed E-state index contributed by atoms with van der Waals surface area (Å²) in [5.41, 5.74) is 3.83. The largest absolute Gasteiger partial charge is 0.506 e. The van der Waals surface area contributed by atoms with Gasteiger partial charge in [0.2, 0.25) is 0 Å². The molecule has 8 heteroatoms. The normalized spacial score (nSPS) is 11.0. The summed E-state index contributed by atoms with van der Waals surface area (Å²) in [6.45, 7) is 0. The Hall–Kier alpha value is -0.950. The number of rotatable bonds is 3. The van der Waals surface area contributed by atoms with Crippen LogP contribution in [0.4, 0.5) is 5.69 Å². The minimum Gasteiger partial charge on any atom is -0.506 e. The van der Waals surface area contributed by atoms with Crippen molar-refractivity contribution in [3.8, 4) is 11.5 Å². The Morgan fingerprint density at radius 3 is 2.43 bits per heavy atom. The molecule has 0 radical (unpaired) electrons. The van der Waals surface area contributed by atoms with Gasteiger partial charge in [-0.05, 0) is 56.1 Å². The van der Waals surface area contributed by atoms with Crippen LogP contribution >= 0.6 is 55.1 Å². The zero-order valence-electron chi connectivity index (χ0n) is 10.2. The highest BCUT2D eigenvalue weighted by Gasteiger charge is 2.12. The van der Waals surface area contributed by atoms with Crippen LogP contribution in [-0.4, -0.2) is 16.4 Å². The van der Waals surface area contributed by atoms with E-state index in [4.69, 9.17) is 23.2 Å². The predicted octanol–water partition coefficient (Wildman–Crippen LogP) is 5.38. The zero-order chi connectivity index (χ0) is 15.6. The van der Waals surface area contributed by atoms with Gasteiger partial charge in [0.05, 0.1) is 26.4 Å². The summed E-state index contributed by atoms with van der Waals surface area (Å²) in [6.07, 6.45) is 1.41. The molecule has 0 aliphatic carbocycles. The first kappa shape index (κ1) is 16.4. The molecule has 0 saturated carbocycles. The van der Waals surface area contributed by atoms with Gasteiger partial charge in [0, 0.05) is 5.56 Å². The molecule has 0 aromatic heterocycles. The summed E-state index contributed by atoms with van der Waals surface area (Å²) in [5, 5.41) is 24.4. The lowest BCUT2D eigenvalue weighted by Gasteiger charge is -2.06. The third-order valence-electron chi connectivity index (χ3n) is 2.51. The van der Waals surface area contributed by atoms with Gasteiger partial charge < -0.3 is 10.2 Å². The Morgan fingerprint density at radius 1 is 1.05 bits per heavy atom. The van der Waals surface area contributed by atoms with Crippen LogP contribution in [-0.2, 0) is 0 Å². The fourth-order valence-corrected chi connectivity index (χ4v) is 2.91. The van der Waals surface area contributed by atoms with E-state index >= 15 is 0 Å². The molecular formula is C13H8Br2Cl2N2O2. The second-order valence-corrected chi connectivity index (χ2v) is 6.42. The fraction of sp³-hybridized carbons (Fsp3) is 0. The number of hydrogen-bond acceptors (Lipinski definition) is 4. The first-order valence-corrected chi connectivity index (χ1v) is 7.88. The number of aromatic hydroxyl groups is 2. The van der Waals surface area contributed by atoms with Crippen molar-refractivity contribution >= 4 is 67.0 Å². The number of phenolic OH excluding ortho intramolecular Hbond substituents is 2. The standard InChI is InChI=1S/C13H8Br2Cl2N2O2/c14-8-3-6(12(20)11(15)13(8)21)5-18-19-7-1-2-9(16)10(17)4-7/h1-5,19-21H. The molecule has 0 aliphatic heterocycles. The highest BCUT2D eigenvalue weighted by Crippen LogP contribution is 2.40. The van der Waals surface area contributed by atoms with E-state index in [9.17, 15) is 10.2 Å². The van der Waals surface area contributed by atoms with Crippen molar-refractivity contribution in [2.24, 2.45) is 5.10 Å². The first-order valence-electron chi connectivity index (χ1n) is 5.54. The van der Waals surface area contributed by atoms with E-state index in [1.54, 1.807) is 18.2 Å². The summed E-state index contributed by atoms with van der Waals surface area (Å²) in [6, 6.07) is 6.53. The summed E-state index contributed by atoms with van der Waals surface area (Å²) in [5.74, 6) is -0.197. The molecule has 0 amide bonds. The second-order valence-electron chi connectivity index (χ2n) is 3.96. The van der Waals surface area contributed by atoms with Crippen molar-refractivity contribution in [2.75, 3.05) is 5.43 Å². The van der Waals surface area contributed by atoms with Crippen molar-refractivity contribution in [3.63, 3.8) is 0 Å². The van der Waals surface area contributed by atoms with Crippen molar-refractivity contribution in [2.45, 2.75) is 0 Å². The summed E-state index contributed by atoms with van der Waals surface area (Å²) >= 11 is 18.0. The molecule has 2 aromatic rings. The third-order valence-corrected chi connectivity index (χ3v) is 4.61. The fourth-order valence-electron chi connectivity index (χ4n) is 1.46. The highest BCUT2D eigenvalue weighted by atomic mass is 79.9. The SMILES string of the molecule is Oc1c(Br)cc(C=NNc2ccc(Cl)c(Cl)c2)c(O)c1Br. The van der Waals surface area contributed by atoms with Gasteiger partial charge >= 0.3 is 0 Å². The van der Waals surface area contributed by atoms with Gasteiger partial charge in [-0.1, -0.05) is 23.2 Å². The number of nitrogens with zero attached hydrogens (tertiary/aromatic N) is 1. The molecule has 0 bridgehead atoms. The van der Waals surface area contributed by atoms with Gasteiger partial charge in [-0.2, -0.15) is 5.10 Å². The molecule has 2 rings (SSSR count). The van der Waals surface area contributed by atoms with E-state index in [2.05, 4.69) is 42.4 Å². The quantitative estimate of drug-likeness (QED) is 0.431. The van der Waals surface area contributed by atoms with Crippen molar-refractivity contribution in [1.82, 2.24) is 0 Å². The third kappa shape index (κ3) is 3.83. The number of nitrogens with one attached hydrogen (secondary N) is 1. The predicted molar refractivity (Wildman–Crippen MR) is 92.9 cm³/mol. The van der Waals surface area contributed by atoms with Crippen LogP contribution in [0.5, 0.6) is 11.5 Å². The first-order chi connectivity index (χ1) is 9.90. The number of hydrazone groups is 1. The molecule has 2 aromatic carbocycles. The van der Waals surface area contributed by atoms with Crippen LogP contribution in [0.25, 0.3) is 0 Å². The number of phenols is 2. The molecular weight excluding hydrogens is 447 g/mol. The molecule has 0 saturated heterocycles. The van der Waals surface area contributed by atoms with E-state index in [0.717, 1.165) is 0 Å². The Balaban J connectivity index is 2.20. The van der Waals surface area contributed by atoms with Crippen LogP contribution in [0.1, 0.15) is 5.56 Å². The van der Waals surface area contributed by atoms with Gasteiger partial charge in [0.1, 0.15) is 16.0 Å². The van der Waals surface area contributed by atoms with Crippen molar-refractivity contribution in [3.05, 3.63) is 48.8 Å². The molecule has 0 unspecified atom stereocenters. The maximum absolute atomic E-state index is 9.90. The Bertz CT molecular complexity index is 724. The lowest BCUT2D eigenvalue weighted by molar-refractivity contribution is 0.442. The van der Waals surface area contributed by atoms with Gasteiger partial charge in [-0.15, -0.1) is 0 Å². The van der Waals surface area contributed by atoms with Gasteiger partial charge in [-0.25, -0.2) is 0 Å². The summed E-state index contributed by atoms with van der Waals surface area (Å²) < 4.78 is 0.621. The summed E-state index contributed by atoms with van der Waals surface area (Å²) in [7, 11) is 0. The number of anilines is 1. The van der Waals surface area contributed by atoms with Crippen molar-refractivity contribution in [1.29, 1.82) is 0 Å². The van der Waals surface area contributed by atoms with Gasteiger partial charge in [0.15, 0.2) is 0 Å². The minimum atomic E-state index is -0.115. The molecule has 3 N–H and O–H groups in total. The molecule has 4 nitrogen and oxygen atoms in total. The molecule has 0 heterocycles. The molecule has 0 atom stereocenters. The highest BCUT2D eigenvalue weighted by molar-refractivity contribution is 9.11. The van der Waals surface area contributed by atoms with Gasteiger partial charge in [0.25, 0.3) is 0 Å². The van der Waals surface area contributed by atoms with Crippen LogP contribution in [0, 0.1) is 0 Å². The average molecular weight is 455 g/mol. The minimum absolute atomic E-state index is 0.0814. The van der Waals surface area contributed by atoms with Gasteiger partial charge in [-0.3, -0.25) is 5.43 Å². The number of benzene rings is 2. The monoisotopic (exact) mass is 452 g/mol. The molecule has 21 heavy (non-hydrogen) atoms. The van der Waals surface area contributed by atoms with E-state index < -0.39 is 0 Å². The van der Waals surface area contributed by atoms with Crippen LogP contribution in [0.15, 0.2) is 38.3 Å². The maximum atomic E-state index is 9.90.